The van der Waals surface area contributed by atoms with Gasteiger partial charge in [0.15, 0.2) is 11.8 Å². The highest BCUT2D eigenvalue weighted by atomic mass is 19.4. The molecule has 0 radical (unpaired) electrons. The lowest BCUT2D eigenvalue weighted by atomic mass is 10.1. The lowest BCUT2D eigenvalue weighted by Crippen LogP contribution is -2.32. The van der Waals surface area contributed by atoms with Gasteiger partial charge in [-0.2, -0.15) is 31.4 Å². The summed E-state index contributed by atoms with van der Waals surface area (Å²) in [7, 11) is 1.49. The smallest absolute Gasteiger partial charge is 0.434 e. The second-order valence-corrected chi connectivity index (χ2v) is 7.91. The molecule has 0 aliphatic rings. The van der Waals surface area contributed by atoms with Gasteiger partial charge in [-0.25, -0.2) is 9.37 Å². The molecule has 3 rings (SSSR count). The van der Waals surface area contributed by atoms with Crippen LogP contribution in [-0.2, 0) is 13.2 Å². The molecule has 2 aromatic heterocycles. The number of carbonyl (C=O) groups is 1. The summed E-state index contributed by atoms with van der Waals surface area (Å²) in [6.45, 7) is 3.18. The van der Waals surface area contributed by atoms with Crippen LogP contribution in [0.1, 0.15) is 47.5 Å². The predicted molar refractivity (Wildman–Crippen MR) is 112 cm³/mol. The molecular weight excluding hydrogens is 503 g/mol. The fourth-order valence-corrected chi connectivity index (χ4v) is 3.25. The number of alkyl halides is 6. The quantitative estimate of drug-likeness (QED) is 0.399. The number of rotatable bonds is 6. The summed E-state index contributed by atoms with van der Waals surface area (Å²) in [5.74, 6) is -3.13. The number of benzene rings is 1. The Balaban J connectivity index is 2.11. The third-order valence-corrected chi connectivity index (χ3v) is 5.11. The van der Waals surface area contributed by atoms with E-state index in [2.05, 4.69) is 10.1 Å². The molecule has 196 valence electrons. The van der Waals surface area contributed by atoms with Crippen molar-refractivity contribution >= 4 is 11.6 Å². The van der Waals surface area contributed by atoms with E-state index in [1.54, 1.807) is 5.10 Å². The molecule has 36 heavy (non-hydrogen) atoms. The lowest BCUT2D eigenvalue weighted by Gasteiger charge is -2.20. The maximum Gasteiger partial charge on any atom is 0.434 e. The normalized spacial score (nSPS) is 14.0. The van der Waals surface area contributed by atoms with Gasteiger partial charge in [-0.3, -0.25) is 9.89 Å². The predicted octanol–water partition coefficient (Wildman–Crippen LogP) is 4.91. The number of imidazole rings is 1. The van der Waals surface area contributed by atoms with Crippen LogP contribution in [0.25, 0.3) is 11.3 Å². The molecule has 0 aliphatic heterocycles. The van der Waals surface area contributed by atoms with Crippen LogP contribution in [0, 0.1) is 12.7 Å². The average molecular weight is 523 g/mol. The van der Waals surface area contributed by atoms with E-state index in [0.717, 1.165) is 13.0 Å². The topological polar surface area (TPSA) is 105 Å². The molecule has 2 unspecified atom stereocenters. The van der Waals surface area contributed by atoms with Crippen molar-refractivity contribution in [2.45, 2.75) is 45.3 Å². The van der Waals surface area contributed by atoms with Gasteiger partial charge in [0.05, 0.1) is 22.6 Å². The summed E-state index contributed by atoms with van der Waals surface area (Å²) < 4.78 is 101. The second kappa shape index (κ2) is 9.44. The largest absolute Gasteiger partial charge is 0.480 e. The standard InChI is InChI=1S/C21H20F7N5O3/c1-8-16(17(32-31-8)21(26,27)28)30-19(35)12-5-13(22)11(6-15(12)36-10(3)20(23,24)25)14-7-33(4)18(29-14)9(2)34/h5-7,9-10,34H,1-4H3,(H,30,35)(H,31,32). The summed E-state index contributed by atoms with van der Waals surface area (Å²) in [6, 6.07) is 1.32. The van der Waals surface area contributed by atoms with Crippen molar-refractivity contribution in [2.24, 2.45) is 7.05 Å². The molecule has 8 nitrogen and oxygen atoms in total. The van der Waals surface area contributed by atoms with Crippen molar-refractivity contribution in [3.8, 4) is 17.0 Å². The second-order valence-electron chi connectivity index (χ2n) is 7.91. The van der Waals surface area contributed by atoms with Crippen LogP contribution in [0.5, 0.6) is 5.75 Å². The number of anilines is 1. The molecule has 1 amide bonds. The van der Waals surface area contributed by atoms with Crippen molar-refractivity contribution in [1.82, 2.24) is 19.7 Å². The van der Waals surface area contributed by atoms with Gasteiger partial charge >= 0.3 is 12.4 Å². The molecule has 0 saturated carbocycles. The van der Waals surface area contributed by atoms with E-state index in [9.17, 15) is 36.2 Å². The maximum absolute atomic E-state index is 15.0. The number of aliphatic hydroxyl groups excluding tert-OH is 1. The highest BCUT2D eigenvalue weighted by molar-refractivity contribution is 6.07. The van der Waals surface area contributed by atoms with E-state index in [-0.39, 0.29) is 22.8 Å². The van der Waals surface area contributed by atoms with Crippen LogP contribution in [0.4, 0.5) is 36.4 Å². The molecule has 0 spiro atoms. The Morgan fingerprint density at radius 3 is 2.36 bits per heavy atom. The number of aromatic amines is 1. The van der Waals surface area contributed by atoms with Gasteiger partial charge in [0.25, 0.3) is 5.91 Å². The SMILES string of the molecule is Cc1n[nH]c(C(F)(F)F)c1NC(=O)c1cc(F)c(-c2cn(C)c(C(C)O)n2)cc1OC(C)C(F)(F)F. The van der Waals surface area contributed by atoms with Gasteiger partial charge in [0.2, 0.25) is 0 Å². The van der Waals surface area contributed by atoms with Gasteiger partial charge < -0.3 is 19.7 Å². The van der Waals surface area contributed by atoms with Crippen molar-refractivity contribution < 1.29 is 45.4 Å². The minimum Gasteiger partial charge on any atom is -0.480 e. The molecule has 1 aromatic carbocycles. The van der Waals surface area contributed by atoms with Crippen molar-refractivity contribution in [3.63, 3.8) is 0 Å². The Bertz CT molecular complexity index is 1280. The number of hydrogen-bond acceptors (Lipinski definition) is 5. The van der Waals surface area contributed by atoms with E-state index in [0.29, 0.717) is 13.0 Å². The van der Waals surface area contributed by atoms with Gasteiger partial charge in [-0.1, -0.05) is 0 Å². The molecular formula is C21H20F7N5O3. The Labute approximate surface area is 199 Å². The number of aryl methyl sites for hydroxylation is 2. The minimum atomic E-state index is -4.94. The maximum atomic E-state index is 15.0. The summed E-state index contributed by atoms with van der Waals surface area (Å²) in [4.78, 5) is 16.9. The third kappa shape index (κ3) is 5.45. The number of amides is 1. The van der Waals surface area contributed by atoms with Crippen LogP contribution >= 0.6 is 0 Å². The van der Waals surface area contributed by atoms with Crippen molar-refractivity contribution in [1.29, 1.82) is 0 Å². The molecule has 0 bridgehead atoms. The number of nitrogens with one attached hydrogen (secondary N) is 2. The Hall–Kier alpha value is -3.62. The first-order chi connectivity index (χ1) is 16.5. The molecule has 0 fully saturated rings. The van der Waals surface area contributed by atoms with Gasteiger partial charge in [0, 0.05) is 18.8 Å². The monoisotopic (exact) mass is 523 g/mol. The number of aromatic nitrogens is 4. The molecule has 2 atom stereocenters. The first-order valence-electron chi connectivity index (χ1n) is 10.2. The van der Waals surface area contributed by atoms with Gasteiger partial charge in [-0.05, 0) is 32.9 Å². The first-order valence-corrected chi connectivity index (χ1v) is 10.2. The molecule has 3 N–H and O–H groups in total. The number of halogens is 7. The highest BCUT2D eigenvalue weighted by Crippen LogP contribution is 2.37. The number of carbonyl (C=O) groups excluding carboxylic acids is 1. The van der Waals surface area contributed by atoms with Crippen LogP contribution < -0.4 is 10.1 Å². The van der Waals surface area contributed by atoms with Gasteiger partial charge in [-0.15, -0.1) is 0 Å². The first kappa shape index (κ1) is 27.0. The van der Waals surface area contributed by atoms with Crippen LogP contribution in [0.15, 0.2) is 18.3 Å². The zero-order valence-electron chi connectivity index (χ0n) is 19.1. The van der Waals surface area contributed by atoms with Crippen molar-refractivity contribution in [3.05, 3.63) is 46.9 Å². The fraction of sp³-hybridized carbons (Fsp3) is 0.381. The van der Waals surface area contributed by atoms with Crippen LogP contribution in [0.3, 0.4) is 0 Å². The van der Waals surface area contributed by atoms with E-state index in [1.807, 2.05) is 5.32 Å². The Morgan fingerprint density at radius 2 is 1.83 bits per heavy atom. The van der Waals surface area contributed by atoms with Crippen LogP contribution in [0.2, 0.25) is 0 Å². The molecule has 0 aliphatic carbocycles. The van der Waals surface area contributed by atoms with E-state index in [1.165, 1.54) is 24.7 Å². The van der Waals surface area contributed by atoms with Gasteiger partial charge in [0.1, 0.15) is 23.5 Å². The molecule has 0 saturated heterocycles. The van der Waals surface area contributed by atoms with E-state index in [4.69, 9.17) is 4.74 Å². The summed E-state index contributed by atoms with van der Waals surface area (Å²) in [6.07, 6.45) is -12.0. The molecule has 3 aromatic rings. The number of H-pyrrole nitrogens is 1. The average Bonchev–Trinajstić information content (AvgIpc) is 3.30. The summed E-state index contributed by atoms with van der Waals surface area (Å²) >= 11 is 0. The zero-order chi connectivity index (χ0) is 27.2. The van der Waals surface area contributed by atoms with Crippen LogP contribution in [-0.4, -0.2) is 43.0 Å². The highest BCUT2D eigenvalue weighted by Gasteiger charge is 2.40. The van der Waals surface area contributed by atoms with E-state index < -0.39 is 59.0 Å². The Morgan fingerprint density at radius 1 is 1.19 bits per heavy atom. The zero-order valence-corrected chi connectivity index (χ0v) is 19.1. The molecule has 15 heteroatoms. The molecule has 2 heterocycles. The van der Waals surface area contributed by atoms with Crippen molar-refractivity contribution in [2.75, 3.05) is 5.32 Å². The lowest BCUT2D eigenvalue weighted by molar-refractivity contribution is -0.189. The number of nitrogens with zero attached hydrogens (tertiary/aromatic N) is 3. The number of ether oxygens (including phenoxy) is 1. The summed E-state index contributed by atoms with van der Waals surface area (Å²) in [5, 5.41) is 16.8. The van der Waals surface area contributed by atoms with E-state index >= 15 is 4.39 Å². The third-order valence-electron chi connectivity index (χ3n) is 5.11. The Kier molecular flexibility index (Phi) is 7.08. The summed E-state index contributed by atoms with van der Waals surface area (Å²) in [5.41, 5.74) is -3.71. The minimum absolute atomic E-state index is 0.0904. The number of aliphatic hydroxyl groups is 1. The fourth-order valence-electron chi connectivity index (χ4n) is 3.25. The number of hydrogen-bond donors (Lipinski definition) is 3.